The number of rotatable bonds is 0. The maximum absolute atomic E-state index is 3.99. The van der Waals surface area contributed by atoms with Gasteiger partial charge in [-0.05, 0) is 18.6 Å². The Kier molecular flexibility index (Phi) is 8.25. The molecule has 2 nitrogen and oxygen atoms in total. The van der Waals surface area contributed by atoms with E-state index in [1.54, 1.807) is 6.20 Å². The van der Waals surface area contributed by atoms with Crippen LogP contribution in [-0.2, 0) is 0 Å². The van der Waals surface area contributed by atoms with E-state index in [1.165, 1.54) is 0 Å². The summed E-state index contributed by atoms with van der Waals surface area (Å²) in [4.78, 5) is 0. The lowest BCUT2D eigenvalue weighted by atomic mass is 10.2. The molecule has 1 aliphatic carbocycles. The fourth-order valence-corrected chi connectivity index (χ4v) is 1.08. The lowest BCUT2D eigenvalue weighted by Crippen LogP contribution is -1.87. The molecule has 0 aliphatic heterocycles. The zero-order chi connectivity index (χ0) is 11.5. The predicted octanol–water partition coefficient (Wildman–Crippen LogP) is 3.96. The SMILES string of the molecule is C1=Cc2ccnnc2C=CC1.CC.CC. The smallest absolute Gasteiger partial charge is 0.0926 e. The van der Waals surface area contributed by atoms with Crippen LogP contribution < -0.4 is 0 Å². The molecule has 0 N–H and O–H groups in total. The minimum absolute atomic E-state index is 0.959. The summed E-state index contributed by atoms with van der Waals surface area (Å²) in [5.74, 6) is 0. The molecule has 2 heteroatoms. The van der Waals surface area contributed by atoms with Gasteiger partial charge in [-0.3, -0.25) is 0 Å². The standard InChI is InChI=1S/C9H8N2.2C2H6/c1-2-4-8-6-7-10-11-9(8)5-3-1;2*1-2/h2-7H,1H2;2*1-2H3. The average molecular weight is 204 g/mol. The summed E-state index contributed by atoms with van der Waals surface area (Å²) >= 11 is 0. The molecular formula is C13H20N2. The van der Waals surface area contributed by atoms with E-state index in [4.69, 9.17) is 0 Å². The molecule has 0 spiro atoms. The second kappa shape index (κ2) is 9.13. The van der Waals surface area contributed by atoms with Crippen LogP contribution in [0.25, 0.3) is 12.2 Å². The van der Waals surface area contributed by atoms with Gasteiger partial charge in [0.1, 0.15) is 0 Å². The first-order chi connectivity index (χ1) is 7.47. The first-order valence-corrected chi connectivity index (χ1v) is 5.61. The van der Waals surface area contributed by atoms with Gasteiger partial charge in [-0.2, -0.15) is 10.2 Å². The minimum atomic E-state index is 0.959. The van der Waals surface area contributed by atoms with E-state index in [-0.39, 0.29) is 0 Å². The lowest BCUT2D eigenvalue weighted by molar-refractivity contribution is 1.01. The number of allylic oxidation sites excluding steroid dienone is 2. The summed E-state index contributed by atoms with van der Waals surface area (Å²) in [6.07, 6.45) is 11.0. The van der Waals surface area contributed by atoms with Gasteiger partial charge in [0.2, 0.25) is 0 Å². The van der Waals surface area contributed by atoms with Crippen molar-refractivity contribution in [1.29, 1.82) is 0 Å². The molecular weight excluding hydrogens is 184 g/mol. The van der Waals surface area contributed by atoms with Crippen LogP contribution in [-0.4, -0.2) is 10.2 Å². The van der Waals surface area contributed by atoms with E-state index < -0.39 is 0 Å². The summed E-state index contributed by atoms with van der Waals surface area (Å²) in [6, 6.07) is 1.97. The van der Waals surface area contributed by atoms with Crippen LogP contribution in [0.3, 0.4) is 0 Å². The Morgan fingerprint density at radius 3 is 2.40 bits per heavy atom. The van der Waals surface area contributed by atoms with Crippen LogP contribution in [0.5, 0.6) is 0 Å². The normalized spacial score (nSPS) is 11.2. The summed E-state index contributed by atoms with van der Waals surface area (Å²) in [6.45, 7) is 8.00. The molecule has 1 aromatic heterocycles. The molecule has 0 atom stereocenters. The molecule has 0 saturated heterocycles. The first kappa shape index (κ1) is 13.6. The van der Waals surface area contributed by atoms with Gasteiger partial charge in [0, 0.05) is 5.56 Å². The number of hydrogen-bond donors (Lipinski definition) is 0. The van der Waals surface area contributed by atoms with Crippen molar-refractivity contribution in [3.63, 3.8) is 0 Å². The quantitative estimate of drug-likeness (QED) is 0.639. The molecule has 0 saturated carbocycles. The average Bonchev–Trinajstić information content (AvgIpc) is 2.59. The largest absolute Gasteiger partial charge is 0.159 e. The van der Waals surface area contributed by atoms with Gasteiger partial charge >= 0.3 is 0 Å². The second-order valence-corrected chi connectivity index (χ2v) is 2.41. The highest BCUT2D eigenvalue weighted by Crippen LogP contribution is 2.12. The molecule has 0 radical (unpaired) electrons. The Labute approximate surface area is 92.8 Å². The predicted molar refractivity (Wildman–Crippen MR) is 67.4 cm³/mol. The van der Waals surface area contributed by atoms with Crippen molar-refractivity contribution in [3.8, 4) is 0 Å². The highest BCUT2D eigenvalue weighted by molar-refractivity contribution is 5.63. The summed E-state index contributed by atoms with van der Waals surface area (Å²) < 4.78 is 0. The Hall–Kier alpha value is -1.44. The minimum Gasteiger partial charge on any atom is -0.159 e. The van der Waals surface area contributed by atoms with E-state index in [0.29, 0.717) is 0 Å². The highest BCUT2D eigenvalue weighted by Gasteiger charge is 1.97. The van der Waals surface area contributed by atoms with Crippen molar-refractivity contribution in [2.45, 2.75) is 34.1 Å². The maximum Gasteiger partial charge on any atom is 0.0926 e. The van der Waals surface area contributed by atoms with Gasteiger partial charge in [0.25, 0.3) is 0 Å². The third-order valence-corrected chi connectivity index (χ3v) is 1.63. The zero-order valence-electron chi connectivity index (χ0n) is 10.1. The highest BCUT2D eigenvalue weighted by atomic mass is 15.1. The molecule has 0 fully saturated rings. The number of fused-ring (bicyclic) bond motifs is 1. The van der Waals surface area contributed by atoms with Gasteiger partial charge in [-0.25, -0.2) is 0 Å². The molecule has 0 aromatic carbocycles. The molecule has 0 unspecified atom stereocenters. The molecule has 15 heavy (non-hydrogen) atoms. The van der Waals surface area contributed by atoms with Crippen molar-refractivity contribution in [3.05, 3.63) is 35.7 Å². The third kappa shape index (κ3) is 4.54. The molecule has 1 aliphatic rings. The number of hydrogen-bond acceptors (Lipinski definition) is 2. The van der Waals surface area contributed by atoms with Crippen LogP contribution >= 0.6 is 0 Å². The molecule has 0 bridgehead atoms. The third-order valence-electron chi connectivity index (χ3n) is 1.63. The summed E-state index contributed by atoms with van der Waals surface area (Å²) in [5, 5.41) is 7.80. The molecule has 1 heterocycles. The van der Waals surface area contributed by atoms with E-state index in [9.17, 15) is 0 Å². The fraction of sp³-hybridized carbons (Fsp3) is 0.385. The van der Waals surface area contributed by atoms with Crippen LogP contribution in [0.15, 0.2) is 24.4 Å². The van der Waals surface area contributed by atoms with Gasteiger partial charge in [-0.1, -0.05) is 45.9 Å². The van der Waals surface area contributed by atoms with Crippen molar-refractivity contribution in [2.75, 3.05) is 0 Å². The maximum atomic E-state index is 3.99. The Bertz CT molecular complexity index is 283. The first-order valence-electron chi connectivity index (χ1n) is 5.61. The van der Waals surface area contributed by atoms with Crippen molar-refractivity contribution < 1.29 is 0 Å². The van der Waals surface area contributed by atoms with Crippen LogP contribution in [0, 0.1) is 0 Å². The molecule has 0 amide bonds. The van der Waals surface area contributed by atoms with Gasteiger partial charge in [0.15, 0.2) is 0 Å². The molecule has 2 rings (SSSR count). The molecule has 82 valence electrons. The van der Waals surface area contributed by atoms with E-state index in [0.717, 1.165) is 17.7 Å². The van der Waals surface area contributed by atoms with Gasteiger partial charge in [0.05, 0.1) is 11.9 Å². The van der Waals surface area contributed by atoms with Crippen molar-refractivity contribution >= 4 is 12.2 Å². The van der Waals surface area contributed by atoms with Gasteiger partial charge in [-0.15, -0.1) is 0 Å². The number of nitrogens with zero attached hydrogens (tertiary/aromatic N) is 2. The van der Waals surface area contributed by atoms with E-state index in [2.05, 4.69) is 28.4 Å². The van der Waals surface area contributed by atoms with Crippen molar-refractivity contribution in [2.24, 2.45) is 0 Å². The topological polar surface area (TPSA) is 25.8 Å². The zero-order valence-corrected chi connectivity index (χ0v) is 10.1. The monoisotopic (exact) mass is 204 g/mol. The Balaban J connectivity index is 0.000000442. The molecule has 1 aromatic rings. The summed E-state index contributed by atoms with van der Waals surface area (Å²) in [7, 11) is 0. The Morgan fingerprint density at radius 2 is 1.67 bits per heavy atom. The lowest BCUT2D eigenvalue weighted by Gasteiger charge is -1.93. The van der Waals surface area contributed by atoms with Crippen LogP contribution in [0.1, 0.15) is 45.4 Å². The fourth-order valence-electron chi connectivity index (χ4n) is 1.08. The Morgan fingerprint density at radius 1 is 1.00 bits per heavy atom. The van der Waals surface area contributed by atoms with Crippen molar-refractivity contribution in [1.82, 2.24) is 10.2 Å². The second-order valence-electron chi connectivity index (χ2n) is 2.41. The van der Waals surface area contributed by atoms with E-state index >= 15 is 0 Å². The summed E-state index contributed by atoms with van der Waals surface area (Å²) in [5.41, 5.74) is 2.11. The van der Waals surface area contributed by atoms with E-state index in [1.807, 2.05) is 39.8 Å². The number of aromatic nitrogens is 2. The van der Waals surface area contributed by atoms with Crippen LogP contribution in [0.4, 0.5) is 0 Å². The van der Waals surface area contributed by atoms with Gasteiger partial charge < -0.3 is 0 Å². The van der Waals surface area contributed by atoms with Crippen LogP contribution in [0.2, 0.25) is 0 Å².